The van der Waals surface area contributed by atoms with Gasteiger partial charge < -0.3 is 44.2 Å². The molecular weight excluding hydrogens is 480 g/mol. The Balaban J connectivity index is 1.51. The Bertz CT molecular complexity index is 1310. The normalized spacial score (nSPS) is 23.8. The molecule has 3 aromatic rings. The fraction of sp³-hybridized carbons (Fsp3) is 0.292. The van der Waals surface area contributed by atoms with Gasteiger partial charge in [0.2, 0.25) is 6.29 Å². The second-order valence-electron chi connectivity index (χ2n) is 8.07. The summed E-state index contributed by atoms with van der Waals surface area (Å²) in [5, 5.41) is 48.9. The first-order valence-corrected chi connectivity index (χ1v) is 10.7. The molecule has 1 unspecified atom stereocenters. The number of hydrogen-bond acceptors (Lipinski definition) is 11. The Morgan fingerprint density at radius 1 is 0.972 bits per heavy atom. The maximum Gasteiger partial charge on any atom is 0.317 e. The summed E-state index contributed by atoms with van der Waals surface area (Å²) in [5.41, 5.74) is 0.652. The van der Waals surface area contributed by atoms with Crippen LogP contribution in [0.2, 0.25) is 0 Å². The van der Waals surface area contributed by atoms with Crippen molar-refractivity contribution in [3.8, 4) is 22.6 Å². The maximum absolute atomic E-state index is 12.9. The van der Waals surface area contributed by atoms with Gasteiger partial charge in [0.1, 0.15) is 60.8 Å². The van der Waals surface area contributed by atoms with Gasteiger partial charge in [-0.05, 0) is 29.8 Å². The summed E-state index contributed by atoms with van der Waals surface area (Å²) in [4.78, 5) is 35.0. The standard InChI is InChI=1S/C24H22O12/c25-12-3-1-11(2-4-12)15-9-33-16-7-13(5-6-14(16)20(15)29)35-24-23(32)22(31)21(30)17(36-24)10-34-19(28)8-18(26)27/h1-7,9,17,21-25,30-32H,8,10H2,(H,26,27)/t17-,21-,22+,23-,24?/m1/s1. The molecule has 1 aromatic heterocycles. The van der Waals surface area contributed by atoms with Gasteiger partial charge in [-0.2, -0.15) is 0 Å². The van der Waals surface area contributed by atoms with Crippen LogP contribution in [0.4, 0.5) is 0 Å². The minimum absolute atomic E-state index is 0.0520. The maximum atomic E-state index is 12.9. The van der Waals surface area contributed by atoms with Crippen molar-refractivity contribution < 1.29 is 53.7 Å². The quantitative estimate of drug-likeness (QED) is 0.220. The van der Waals surface area contributed by atoms with Gasteiger partial charge in [-0.15, -0.1) is 0 Å². The Hall–Kier alpha value is -3.97. The van der Waals surface area contributed by atoms with E-state index < -0.39 is 55.7 Å². The smallest absolute Gasteiger partial charge is 0.317 e. The molecule has 0 aliphatic carbocycles. The first kappa shape index (κ1) is 25.1. The number of carbonyl (C=O) groups is 2. The van der Waals surface area contributed by atoms with Crippen LogP contribution >= 0.6 is 0 Å². The van der Waals surface area contributed by atoms with Crippen LogP contribution < -0.4 is 10.2 Å². The van der Waals surface area contributed by atoms with Crippen LogP contribution in [-0.2, 0) is 19.1 Å². The number of phenolic OH excluding ortho intramolecular Hbond substituents is 1. The highest BCUT2D eigenvalue weighted by Crippen LogP contribution is 2.28. The lowest BCUT2D eigenvalue weighted by Gasteiger charge is -2.39. The number of hydrogen-bond donors (Lipinski definition) is 5. The molecule has 5 N–H and O–H groups in total. The lowest BCUT2D eigenvalue weighted by molar-refractivity contribution is -0.278. The van der Waals surface area contributed by atoms with E-state index in [0.29, 0.717) is 5.56 Å². The van der Waals surface area contributed by atoms with Gasteiger partial charge >= 0.3 is 11.9 Å². The molecule has 4 rings (SSSR count). The highest BCUT2D eigenvalue weighted by Gasteiger charge is 2.45. The number of esters is 1. The molecule has 36 heavy (non-hydrogen) atoms. The van der Waals surface area contributed by atoms with Crippen molar-refractivity contribution >= 4 is 22.9 Å². The lowest BCUT2D eigenvalue weighted by atomic mass is 9.99. The van der Waals surface area contributed by atoms with Crippen LogP contribution in [0, 0.1) is 0 Å². The van der Waals surface area contributed by atoms with Crippen LogP contribution in [0.5, 0.6) is 11.5 Å². The monoisotopic (exact) mass is 502 g/mol. The molecule has 0 spiro atoms. The summed E-state index contributed by atoms with van der Waals surface area (Å²) < 4.78 is 21.4. The van der Waals surface area contributed by atoms with Gasteiger partial charge in [-0.1, -0.05) is 12.1 Å². The van der Waals surface area contributed by atoms with E-state index in [0.717, 1.165) is 0 Å². The van der Waals surface area contributed by atoms with Crippen LogP contribution in [0.1, 0.15) is 6.42 Å². The average Bonchev–Trinajstić information content (AvgIpc) is 2.84. The van der Waals surface area contributed by atoms with Gasteiger partial charge in [-0.25, -0.2) is 0 Å². The molecule has 1 aliphatic rings. The topological polar surface area (TPSA) is 193 Å². The Kier molecular flexibility index (Phi) is 7.22. The number of aliphatic hydroxyl groups excluding tert-OH is 3. The molecule has 0 saturated carbocycles. The number of aliphatic carboxylic acids is 1. The third-order valence-corrected chi connectivity index (χ3v) is 5.55. The Labute approximate surface area is 202 Å². The molecule has 12 nitrogen and oxygen atoms in total. The molecule has 0 bridgehead atoms. The second kappa shape index (κ2) is 10.3. The summed E-state index contributed by atoms with van der Waals surface area (Å²) in [6, 6.07) is 10.2. The number of carboxylic acids is 1. The average molecular weight is 502 g/mol. The molecule has 0 radical (unpaired) electrons. The molecule has 190 valence electrons. The number of carbonyl (C=O) groups excluding carboxylic acids is 1. The van der Waals surface area contributed by atoms with E-state index in [4.69, 9.17) is 23.7 Å². The first-order chi connectivity index (χ1) is 17.1. The molecular formula is C24H22O12. The Morgan fingerprint density at radius 2 is 1.69 bits per heavy atom. The Morgan fingerprint density at radius 3 is 2.39 bits per heavy atom. The van der Waals surface area contributed by atoms with Crippen LogP contribution in [0.3, 0.4) is 0 Å². The number of rotatable bonds is 7. The predicted molar refractivity (Wildman–Crippen MR) is 120 cm³/mol. The summed E-state index contributed by atoms with van der Waals surface area (Å²) in [5.74, 6) is -2.33. The van der Waals surface area contributed by atoms with Crippen molar-refractivity contribution in [2.45, 2.75) is 37.1 Å². The van der Waals surface area contributed by atoms with E-state index in [1.54, 1.807) is 12.1 Å². The SMILES string of the molecule is O=C(O)CC(=O)OC[C@H]1OC(Oc2ccc3c(=O)c(-c4ccc(O)cc4)coc3c2)[C@H](O)[C@@H](O)[C@@H]1O. The second-order valence-corrected chi connectivity index (χ2v) is 8.07. The zero-order chi connectivity index (χ0) is 26.0. The van der Waals surface area contributed by atoms with Crippen LogP contribution in [0.25, 0.3) is 22.1 Å². The van der Waals surface area contributed by atoms with Gasteiger partial charge in [0, 0.05) is 6.07 Å². The molecule has 2 heterocycles. The van der Waals surface area contributed by atoms with Gasteiger partial charge in [-0.3, -0.25) is 14.4 Å². The third-order valence-electron chi connectivity index (χ3n) is 5.55. The highest BCUT2D eigenvalue weighted by atomic mass is 16.7. The molecule has 2 aromatic carbocycles. The van der Waals surface area contributed by atoms with Gasteiger partial charge in [0.15, 0.2) is 5.43 Å². The van der Waals surface area contributed by atoms with Crippen molar-refractivity contribution in [2.75, 3.05) is 6.61 Å². The lowest BCUT2D eigenvalue weighted by Crippen LogP contribution is -2.60. The summed E-state index contributed by atoms with van der Waals surface area (Å²) >= 11 is 0. The molecule has 1 aliphatic heterocycles. The highest BCUT2D eigenvalue weighted by molar-refractivity contribution is 5.90. The van der Waals surface area contributed by atoms with Crippen LogP contribution in [0.15, 0.2) is 57.9 Å². The summed E-state index contributed by atoms with van der Waals surface area (Å²) in [7, 11) is 0. The van der Waals surface area contributed by atoms with Crippen molar-refractivity contribution in [1.29, 1.82) is 0 Å². The number of carboxylic acid groups (broad SMARTS) is 1. The van der Waals surface area contributed by atoms with E-state index in [9.17, 15) is 34.8 Å². The molecule has 5 atom stereocenters. The van der Waals surface area contributed by atoms with E-state index in [-0.39, 0.29) is 33.5 Å². The van der Waals surface area contributed by atoms with Crippen molar-refractivity contribution in [3.05, 3.63) is 59.0 Å². The minimum Gasteiger partial charge on any atom is -0.508 e. The fourth-order valence-electron chi connectivity index (χ4n) is 3.66. The first-order valence-electron chi connectivity index (χ1n) is 10.7. The minimum atomic E-state index is -1.72. The number of benzene rings is 2. The fourth-order valence-corrected chi connectivity index (χ4v) is 3.66. The molecule has 1 saturated heterocycles. The van der Waals surface area contributed by atoms with Gasteiger partial charge in [0.05, 0.1) is 10.9 Å². The number of fused-ring (bicyclic) bond motifs is 1. The zero-order valence-electron chi connectivity index (χ0n) is 18.5. The van der Waals surface area contributed by atoms with Crippen molar-refractivity contribution in [1.82, 2.24) is 0 Å². The van der Waals surface area contributed by atoms with Crippen molar-refractivity contribution in [3.63, 3.8) is 0 Å². The van der Waals surface area contributed by atoms with Crippen molar-refractivity contribution in [2.24, 2.45) is 0 Å². The number of aliphatic hydroxyl groups is 3. The number of phenols is 1. The number of ether oxygens (including phenoxy) is 3. The molecule has 12 heteroatoms. The molecule has 0 amide bonds. The predicted octanol–water partition coefficient (Wildman–Crippen LogP) is 0.370. The number of aromatic hydroxyl groups is 1. The largest absolute Gasteiger partial charge is 0.508 e. The summed E-state index contributed by atoms with van der Waals surface area (Å²) in [6.45, 7) is -0.594. The van der Waals surface area contributed by atoms with E-state index >= 15 is 0 Å². The third kappa shape index (κ3) is 5.31. The zero-order valence-corrected chi connectivity index (χ0v) is 18.5. The summed E-state index contributed by atoms with van der Waals surface area (Å²) in [6.07, 6.45) is -7.53. The van der Waals surface area contributed by atoms with Gasteiger partial charge in [0.25, 0.3) is 0 Å². The van der Waals surface area contributed by atoms with E-state index in [1.807, 2.05) is 0 Å². The van der Waals surface area contributed by atoms with Crippen LogP contribution in [-0.4, -0.2) is 74.8 Å². The van der Waals surface area contributed by atoms with E-state index in [1.165, 1.54) is 36.6 Å². The van der Waals surface area contributed by atoms with E-state index in [2.05, 4.69) is 0 Å². The molecule has 1 fully saturated rings.